The van der Waals surface area contributed by atoms with E-state index in [4.69, 9.17) is 5.11 Å². The lowest BCUT2D eigenvalue weighted by atomic mass is 9.99. The van der Waals surface area contributed by atoms with Crippen LogP contribution in [0.2, 0.25) is 0 Å². The van der Waals surface area contributed by atoms with Gasteiger partial charge in [0.1, 0.15) is 0 Å². The lowest BCUT2D eigenvalue weighted by Crippen LogP contribution is -2.40. The monoisotopic (exact) mass is 388 g/mol. The summed E-state index contributed by atoms with van der Waals surface area (Å²) < 4.78 is 27.0. The number of nitrogens with one attached hydrogen (secondary N) is 1. The van der Waals surface area contributed by atoms with E-state index in [1.165, 1.54) is 22.5 Å². The Bertz CT molecular complexity index is 936. The van der Waals surface area contributed by atoms with Gasteiger partial charge in [-0.2, -0.15) is 4.31 Å². The Morgan fingerprint density at radius 2 is 1.67 bits per heavy atom. The molecule has 1 aliphatic rings. The van der Waals surface area contributed by atoms with Gasteiger partial charge < -0.3 is 10.4 Å². The molecular formula is C19H20N2O5S. The lowest BCUT2D eigenvalue weighted by Gasteiger charge is -2.29. The third-order valence-electron chi connectivity index (χ3n) is 4.57. The number of anilines is 1. The first-order chi connectivity index (χ1) is 12.9. The molecule has 1 amide bonds. The molecule has 0 radical (unpaired) electrons. The molecule has 0 unspecified atom stereocenters. The van der Waals surface area contributed by atoms with Gasteiger partial charge in [0.25, 0.3) is 5.91 Å². The summed E-state index contributed by atoms with van der Waals surface area (Å²) in [5, 5.41) is 11.8. The highest BCUT2D eigenvalue weighted by Crippen LogP contribution is 2.24. The summed E-state index contributed by atoms with van der Waals surface area (Å²) in [7, 11) is -3.78. The van der Waals surface area contributed by atoms with Crippen LogP contribution < -0.4 is 5.32 Å². The molecule has 0 atom stereocenters. The Morgan fingerprint density at radius 1 is 1.00 bits per heavy atom. The van der Waals surface area contributed by atoms with Crippen molar-refractivity contribution < 1.29 is 23.1 Å². The Balaban J connectivity index is 1.76. The number of sulfonamides is 1. The Kier molecular flexibility index (Phi) is 5.57. The number of carbonyl (C=O) groups is 2. The number of piperidine rings is 1. The molecule has 3 rings (SSSR count). The second kappa shape index (κ2) is 7.89. The largest absolute Gasteiger partial charge is 0.481 e. The van der Waals surface area contributed by atoms with Crippen molar-refractivity contribution >= 4 is 27.6 Å². The Morgan fingerprint density at radius 3 is 2.30 bits per heavy atom. The number of carboxylic acid groups (broad SMARTS) is 1. The minimum Gasteiger partial charge on any atom is -0.481 e. The second-order valence-corrected chi connectivity index (χ2v) is 8.30. The van der Waals surface area contributed by atoms with E-state index in [0.717, 1.165) is 0 Å². The van der Waals surface area contributed by atoms with E-state index in [0.29, 0.717) is 5.69 Å². The lowest BCUT2D eigenvalue weighted by molar-refractivity contribution is -0.142. The molecule has 0 aliphatic carbocycles. The molecule has 1 saturated heterocycles. The van der Waals surface area contributed by atoms with Crippen LogP contribution in [0.5, 0.6) is 0 Å². The van der Waals surface area contributed by atoms with Crippen LogP contribution in [0.4, 0.5) is 5.69 Å². The number of para-hydroxylation sites is 1. The van der Waals surface area contributed by atoms with E-state index in [-0.39, 0.29) is 36.4 Å². The molecule has 2 aromatic carbocycles. The molecule has 1 fully saturated rings. The molecule has 2 N–H and O–H groups in total. The highest BCUT2D eigenvalue weighted by Gasteiger charge is 2.32. The van der Waals surface area contributed by atoms with E-state index in [1.807, 2.05) is 6.07 Å². The highest BCUT2D eigenvalue weighted by molar-refractivity contribution is 7.89. The maximum absolute atomic E-state index is 12.8. The van der Waals surface area contributed by atoms with Crippen molar-refractivity contribution in [1.82, 2.24) is 4.31 Å². The summed E-state index contributed by atoms with van der Waals surface area (Å²) >= 11 is 0. The molecule has 8 heteroatoms. The van der Waals surface area contributed by atoms with Gasteiger partial charge in [-0.15, -0.1) is 0 Å². The van der Waals surface area contributed by atoms with Crippen LogP contribution in [0.3, 0.4) is 0 Å². The fourth-order valence-electron chi connectivity index (χ4n) is 3.01. The van der Waals surface area contributed by atoms with Gasteiger partial charge in [-0.1, -0.05) is 24.3 Å². The first kappa shape index (κ1) is 19.1. The van der Waals surface area contributed by atoms with Crippen molar-refractivity contribution in [1.29, 1.82) is 0 Å². The predicted octanol–water partition coefficient (Wildman–Crippen LogP) is 2.42. The summed E-state index contributed by atoms with van der Waals surface area (Å²) in [4.78, 5) is 23.5. The van der Waals surface area contributed by atoms with E-state index in [2.05, 4.69) is 5.32 Å². The van der Waals surface area contributed by atoms with E-state index < -0.39 is 27.8 Å². The molecule has 0 saturated carbocycles. The Labute approximate surface area is 157 Å². The quantitative estimate of drug-likeness (QED) is 0.819. The number of hydrogen-bond acceptors (Lipinski definition) is 4. The summed E-state index contributed by atoms with van der Waals surface area (Å²) in [6, 6.07) is 14.8. The van der Waals surface area contributed by atoms with Crippen LogP contribution in [-0.2, 0) is 14.8 Å². The molecule has 0 bridgehead atoms. The van der Waals surface area contributed by atoms with Crippen LogP contribution >= 0.6 is 0 Å². The molecule has 7 nitrogen and oxygen atoms in total. The Hall–Kier alpha value is -2.71. The van der Waals surface area contributed by atoms with Crippen LogP contribution in [0.1, 0.15) is 23.2 Å². The van der Waals surface area contributed by atoms with Crippen LogP contribution in [0.25, 0.3) is 0 Å². The highest BCUT2D eigenvalue weighted by atomic mass is 32.2. The summed E-state index contributed by atoms with van der Waals surface area (Å²) in [5.74, 6) is -1.81. The van der Waals surface area contributed by atoms with Crippen molar-refractivity contribution in [2.45, 2.75) is 17.7 Å². The predicted molar refractivity (Wildman–Crippen MR) is 100.0 cm³/mol. The van der Waals surface area contributed by atoms with Crippen LogP contribution in [0, 0.1) is 5.92 Å². The zero-order valence-electron chi connectivity index (χ0n) is 14.5. The maximum atomic E-state index is 12.8. The van der Waals surface area contributed by atoms with Crippen molar-refractivity contribution in [2.24, 2.45) is 5.92 Å². The van der Waals surface area contributed by atoms with Crippen molar-refractivity contribution in [3.63, 3.8) is 0 Å². The summed E-state index contributed by atoms with van der Waals surface area (Å²) in [5.41, 5.74) is 0.854. The zero-order chi connectivity index (χ0) is 19.4. The molecule has 1 aliphatic heterocycles. The van der Waals surface area contributed by atoms with E-state index in [9.17, 15) is 18.0 Å². The number of amides is 1. The number of nitrogens with zero attached hydrogens (tertiary/aromatic N) is 1. The van der Waals surface area contributed by atoms with Gasteiger partial charge >= 0.3 is 5.97 Å². The maximum Gasteiger partial charge on any atom is 0.306 e. The second-order valence-electron chi connectivity index (χ2n) is 6.36. The summed E-state index contributed by atoms with van der Waals surface area (Å²) in [6.07, 6.45) is 0.561. The smallest absolute Gasteiger partial charge is 0.306 e. The molecule has 1 heterocycles. The number of aliphatic carboxylic acids is 1. The number of carboxylic acids is 1. The van der Waals surface area contributed by atoms with Crippen molar-refractivity contribution in [2.75, 3.05) is 18.4 Å². The first-order valence-electron chi connectivity index (χ1n) is 8.57. The standard InChI is InChI=1S/C19H20N2O5S/c22-18(20-16-6-2-1-3-7-16)15-5-4-8-17(13-15)27(25,26)21-11-9-14(10-12-21)19(23)24/h1-8,13-14H,9-12H2,(H,20,22)(H,23,24). The summed E-state index contributed by atoms with van der Waals surface area (Å²) in [6.45, 7) is 0.305. The van der Waals surface area contributed by atoms with Gasteiger partial charge in [-0.25, -0.2) is 8.42 Å². The first-order valence-corrected chi connectivity index (χ1v) is 10.0. The zero-order valence-corrected chi connectivity index (χ0v) is 15.4. The van der Waals surface area contributed by atoms with E-state index >= 15 is 0 Å². The fraction of sp³-hybridized carbons (Fsp3) is 0.263. The number of rotatable bonds is 5. The minimum absolute atomic E-state index is 0.0250. The van der Waals surface area contributed by atoms with Gasteiger partial charge in [0, 0.05) is 24.3 Å². The topological polar surface area (TPSA) is 104 Å². The fourth-order valence-corrected chi connectivity index (χ4v) is 4.53. The average Bonchev–Trinajstić information content (AvgIpc) is 2.69. The molecule has 0 spiro atoms. The normalized spacial score (nSPS) is 16.0. The van der Waals surface area contributed by atoms with E-state index in [1.54, 1.807) is 30.3 Å². The van der Waals surface area contributed by atoms with Gasteiger partial charge in [0.2, 0.25) is 10.0 Å². The molecule has 142 valence electrons. The molecular weight excluding hydrogens is 368 g/mol. The third-order valence-corrected chi connectivity index (χ3v) is 6.46. The SMILES string of the molecule is O=C(Nc1ccccc1)c1cccc(S(=O)(=O)N2CCC(C(=O)O)CC2)c1. The average molecular weight is 388 g/mol. The van der Waals surface area contributed by atoms with Gasteiger partial charge in [0.05, 0.1) is 10.8 Å². The van der Waals surface area contributed by atoms with Gasteiger partial charge in [-0.05, 0) is 43.2 Å². The number of benzene rings is 2. The van der Waals surface area contributed by atoms with Gasteiger partial charge in [-0.3, -0.25) is 9.59 Å². The van der Waals surface area contributed by atoms with Crippen LogP contribution in [-0.4, -0.2) is 42.8 Å². The van der Waals surface area contributed by atoms with Crippen molar-refractivity contribution in [3.05, 3.63) is 60.2 Å². The number of hydrogen-bond donors (Lipinski definition) is 2. The third kappa shape index (κ3) is 4.35. The van der Waals surface area contributed by atoms with Crippen LogP contribution in [0.15, 0.2) is 59.5 Å². The molecule has 27 heavy (non-hydrogen) atoms. The molecule has 2 aromatic rings. The number of carbonyl (C=O) groups excluding carboxylic acids is 1. The van der Waals surface area contributed by atoms with Gasteiger partial charge in [0.15, 0.2) is 0 Å². The minimum atomic E-state index is -3.78. The molecule has 0 aromatic heterocycles. The van der Waals surface area contributed by atoms with Crippen molar-refractivity contribution in [3.8, 4) is 0 Å².